The van der Waals surface area contributed by atoms with Gasteiger partial charge in [-0.2, -0.15) is 15.1 Å². The Bertz CT molecular complexity index is 1630. The highest BCUT2D eigenvalue weighted by atomic mass is 32.2. The molecule has 1 amide bonds. The molecule has 6 rings (SSSR count). The van der Waals surface area contributed by atoms with Gasteiger partial charge in [0.1, 0.15) is 5.04 Å². The number of thioether (sulfide) groups is 1. The molecule has 2 aromatic heterocycles. The molecule has 1 N–H and O–H groups in total. The molecule has 0 radical (unpaired) electrons. The van der Waals surface area contributed by atoms with E-state index in [4.69, 9.17) is 5.41 Å². The van der Waals surface area contributed by atoms with Crippen LogP contribution in [0.3, 0.4) is 0 Å². The number of aliphatic imine (C=N–C) groups is 1. The molecule has 170 valence electrons. The Morgan fingerprint density at radius 1 is 1.00 bits per heavy atom. The molecule has 0 bridgehead atoms. The second-order valence-corrected chi connectivity index (χ2v) is 9.32. The first-order valence-corrected chi connectivity index (χ1v) is 11.9. The van der Waals surface area contributed by atoms with Gasteiger partial charge in [-0.15, -0.1) is 0 Å². The van der Waals surface area contributed by atoms with Crippen molar-refractivity contribution in [2.45, 2.75) is 13.8 Å². The van der Waals surface area contributed by atoms with Crippen LogP contribution in [0.4, 0.5) is 0 Å². The minimum Gasteiger partial charge on any atom is -0.318 e. The third-order valence-electron chi connectivity index (χ3n) is 6.12. The van der Waals surface area contributed by atoms with Crippen molar-refractivity contribution in [3.8, 4) is 5.69 Å². The highest BCUT2D eigenvalue weighted by molar-refractivity contribution is 8.27. The van der Waals surface area contributed by atoms with Gasteiger partial charge < -0.3 is 4.57 Å². The number of nitrogens with one attached hydrogen (secondary N) is 1. The number of pyridine rings is 1. The van der Waals surface area contributed by atoms with Gasteiger partial charge in [0.05, 0.1) is 5.57 Å². The quantitative estimate of drug-likeness (QED) is 0.406. The molecule has 2 aliphatic heterocycles. The molecule has 0 spiro atoms. The maximum atomic E-state index is 12.9. The standard InChI is InChI=1S/C27H20N6OS/c1-16-12-21(17(2)32(16)22-10-9-18-6-3-4-7-19(18)13-22)14-23-24(28)33-27(30-25(23)34)35-26(31-33)20-8-5-11-29-15-20/h3-15,28H,1-2H3. The van der Waals surface area contributed by atoms with Crippen LogP contribution in [0.25, 0.3) is 22.5 Å². The number of nitrogens with zero attached hydrogens (tertiary/aromatic N) is 5. The second kappa shape index (κ2) is 8.18. The van der Waals surface area contributed by atoms with Crippen molar-refractivity contribution in [1.29, 1.82) is 5.41 Å². The van der Waals surface area contributed by atoms with Gasteiger partial charge in [-0.3, -0.25) is 15.2 Å². The lowest BCUT2D eigenvalue weighted by Gasteiger charge is -2.20. The molecule has 4 aromatic rings. The Morgan fingerprint density at radius 2 is 1.83 bits per heavy atom. The molecule has 7 nitrogen and oxygen atoms in total. The second-order valence-electron chi connectivity index (χ2n) is 8.36. The number of aryl methyl sites for hydroxylation is 1. The molecule has 35 heavy (non-hydrogen) atoms. The van der Waals surface area contributed by atoms with E-state index in [1.54, 1.807) is 18.5 Å². The smallest absolute Gasteiger partial charge is 0.283 e. The summed E-state index contributed by atoms with van der Waals surface area (Å²) in [5, 5.41) is 18.0. The molecular weight excluding hydrogens is 456 g/mol. The summed E-state index contributed by atoms with van der Waals surface area (Å²) in [6.45, 7) is 4.06. The Kier molecular flexibility index (Phi) is 4.96. The maximum Gasteiger partial charge on any atom is 0.283 e. The maximum absolute atomic E-state index is 12.9. The van der Waals surface area contributed by atoms with E-state index >= 15 is 0 Å². The topological polar surface area (TPSA) is 86.7 Å². The van der Waals surface area contributed by atoms with Crippen molar-refractivity contribution in [2.75, 3.05) is 0 Å². The van der Waals surface area contributed by atoms with E-state index in [2.05, 4.69) is 50.0 Å². The van der Waals surface area contributed by atoms with Crippen LogP contribution in [0.5, 0.6) is 0 Å². The Balaban J connectivity index is 1.37. The zero-order valence-electron chi connectivity index (χ0n) is 19.1. The van der Waals surface area contributed by atoms with Crippen LogP contribution in [-0.2, 0) is 4.79 Å². The average molecular weight is 477 g/mol. The van der Waals surface area contributed by atoms with E-state index in [1.165, 1.54) is 22.2 Å². The molecule has 0 saturated heterocycles. The number of fused-ring (bicyclic) bond motifs is 2. The van der Waals surface area contributed by atoms with Crippen molar-refractivity contribution < 1.29 is 4.79 Å². The number of amides is 1. The lowest BCUT2D eigenvalue weighted by molar-refractivity contribution is -0.114. The van der Waals surface area contributed by atoms with Gasteiger partial charge >= 0.3 is 0 Å². The molecule has 0 saturated carbocycles. The Labute approximate surface area is 206 Å². The first-order chi connectivity index (χ1) is 17.0. The summed E-state index contributed by atoms with van der Waals surface area (Å²) in [7, 11) is 0. The fraction of sp³-hybridized carbons (Fsp3) is 0.0741. The number of rotatable bonds is 3. The van der Waals surface area contributed by atoms with Crippen LogP contribution < -0.4 is 0 Å². The summed E-state index contributed by atoms with van der Waals surface area (Å²) in [5.74, 6) is -0.422. The Hall–Kier alpha value is -4.30. The molecule has 0 atom stereocenters. The minimum absolute atomic E-state index is 0.0156. The molecule has 0 unspecified atom stereocenters. The summed E-state index contributed by atoms with van der Waals surface area (Å²) in [6, 6.07) is 20.4. The van der Waals surface area contributed by atoms with Crippen molar-refractivity contribution in [3.63, 3.8) is 0 Å². The van der Waals surface area contributed by atoms with Gasteiger partial charge in [0.25, 0.3) is 5.91 Å². The first-order valence-electron chi connectivity index (χ1n) is 11.1. The summed E-state index contributed by atoms with van der Waals surface area (Å²) in [4.78, 5) is 21.2. The van der Waals surface area contributed by atoms with Crippen LogP contribution in [0.15, 0.2) is 88.7 Å². The van der Waals surface area contributed by atoms with Crippen molar-refractivity contribution >= 4 is 50.6 Å². The van der Waals surface area contributed by atoms with Crippen LogP contribution in [0, 0.1) is 19.3 Å². The molecule has 0 fully saturated rings. The number of aromatic nitrogens is 2. The van der Waals surface area contributed by atoms with E-state index in [0.29, 0.717) is 10.2 Å². The Morgan fingerprint density at radius 3 is 2.63 bits per heavy atom. The predicted molar refractivity (Wildman–Crippen MR) is 141 cm³/mol. The predicted octanol–water partition coefficient (Wildman–Crippen LogP) is 5.31. The van der Waals surface area contributed by atoms with Crippen molar-refractivity contribution in [2.24, 2.45) is 10.1 Å². The summed E-state index contributed by atoms with van der Waals surface area (Å²) in [6.07, 6.45) is 5.14. The fourth-order valence-electron chi connectivity index (χ4n) is 4.40. The lowest BCUT2D eigenvalue weighted by Crippen LogP contribution is -2.35. The van der Waals surface area contributed by atoms with Gasteiger partial charge in [0.2, 0.25) is 5.17 Å². The van der Waals surface area contributed by atoms with E-state index in [1.807, 2.05) is 44.2 Å². The van der Waals surface area contributed by atoms with E-state index in [-0.39, 0.29) is 11.4 Å². The van der Waals surface area contributed by atoms with Gasteiger partial charge in [-0.25, -0.2) is 0 Å². The molecule has 4 heterocycles. The number of hydrogen-bond donors (Lipinski definition) is 1. The van der Waals surface area contributed by atoms with Gasteiger partial charge in [0, 0.05) is 35.0 Å². The zero-order valence-corrected chi connectivity index (χ0v) is 19.9. The first kappa shape index (κ1) is 21.2. The number of carbonyl (C=O) groups is 1. The molecular formula is C27H20N6OS. The minimum atomic E-state index is -0.438. The summed E-state index contributed by atoms with van der Waals surface area (Å²) < 4.78 is 2.16. The summed E-state index contributed by atoms with van der Waals surface area (Å²) >= 11 is 1.26. The van der Waals surface area contributed by atoms with Crippen LogP contribution in [0.2, 0.25) is 0 Å². The SMILES string of the molecule is Cc1cc(C=C2C(=N)N3N=C(c4cccnc4)SC3=NC2=O)c(C)n1-c1ccc2ccccc2c1. The van der Waals surface area contributed by atoms with Gasteiger partial charge in [-0.05, 0) is 78.4 Å². The number of carbonyl (C=O) groups excluding carboxylic acids is 1. The number of hydrazone groups is 1. The van der Waals surface area contributed by atoms with Crippen LogP contribution in [-0.4, -0.2) is 36.5 Å². The van der Waals surface area contributed by atoms with Crippen LogP contribution in [0.1, 0.15) is 22.5 Å². The highest BCUT2D eigenvalue weighted by Crippen LogP contribution is 2.32. The number of benzene rings is 2. The van der Waals surface area contributed by atoms with Crippen molar-refractivity contribution in [1.82, 2.24) is 14.6 Å². The van der Waals surface area contributed by atoms with Gasteiger partial charge in [-0.1, -0.05) is 30.3 Å². The van der Waals surface area contributed by atoms with E-state index in [9.17, 15) is 4.79 Å². The average Bonchev–Trinajstić information content (AvgIpc) is 3.42. The largest absolute Gasteiger partial charge is 0.318 e. The lowest BCUT2D eigenvalue weighted by atomic mass is 10.1. The number of hydrogen-bond acceptors (Lipinski definition) is 5. The zero-order chi connectivity index (χ0) is 24.1. The monoisotopic (exact) mass is 476 g/mol. The fourth-order valence-corrected chi connectivity index (χ4v) is 5.28. The van der Waals surface area contributed by atoms with Gasteiger partial charge in [0.15, 0.2) is 5.84 Å². The molecule has 2 aliphatic rings. The van der Waals surface area contributed by atoms with E-state index in [0.717, 1.165) is 33.6 Å². The normalized spacial score (nSPS) is 16.6. The molecule has 8 heteroatoms. The molecule has 2 aromatic carbocycles. The third-order valence-corrected chi connectivity index (χ3v) is 7.08. The number of amidine groups is 2. The summed E-state index contributed by atoms with van der Waals surface area (Å²) in [5.41, 5.74) is 4.97. The molecule has 0 aliphatic carbocycles. The third kappa shape index (κ3) is 3.59. The van der Waals surface area contributed by atoms with Crippen LogP contribution >= 0.6 is 11.8 Å². The highest BCUT2D eigenvalue weighted by Gasteiger charge is 2.36. The van der Waals surface area contributed by atoms with E-state index < -0.39 is 5.91 Å². The van der Waals surface area contributed by atoms with Crippen molar-refractivity contribution in [3.05, 3.63) is 101 Å².